The van der Waals surface area contributed by atoms with Crippen LogP contribution in [0.3, 0.4) is 0 Å². The molecular weight excluding hydrogens is 272 g/mol. The van der Waals surface area contributed by atoms with Crippen molar-refractivity contribution in [2.75, 3.05) is 23.7 Å². The van der Waals surface area contributed by atoms with Crippen LogP contribution in [0.4, 0.5) is 20.4 Å². The van der Waals surface area contributed by atoms with Gasteiger partial charge in [0.15, 0.2) is 23.3 Å². The van der Waals surface area contributed by atoms with Crippen LogP contribution in [0.15, 0.2) is 36.4 Å². The number of nitrogens with one attached hydrogen (secondary N) is 2. The standard InChI is InChI=1S/C16H19F2N3/c1-2-19-15-13(17)11-14(18)16(21-15)20-10-6-9-12-7-4-3-5-8-12/h3-5,7-8,11H,2,6,9-10H2,1H3,(H2,19,20,21). The normalized spacial score (nSPS) is 10.4. The van der Waals surface area contributed by atoms with Crippen molar-refractivity contribution >= 4 is 11.6 Å². The van der Waals surface area contributed by atoms with Gasteiger partial charge in [0, 0.05) is 19.2 Å². The summed E-state index contributed by atoms with van der Waals surface area (Å²) in [6.07, 6.45) is 1.75. The molecule has 0 fully saturated rings. The molecule has 5 heteroatoms. The highest BCUT2D eigenvalue weighted by atomic mass is 19.1. The van der Waals surface area contributed by atoms with Gasteiger partial charge in [-0.15, -0.1) is 0 Å². The molecule has 0 amide bonds. The highest BCUT2D eigenvalue weighted by Gasteiger charge is 2.10. The van der Waals surface area contributed by atoms with E-state index < -0.39 is 11.6 Å². The molecule has 1 aromatic heterocycles. The lowest BCUT2D eigenvalue weighted by atomic mass is 10.1. The lowest BCUT2D eigenvalue weighted by Crippen LogP contribution is -2.10. The van der Waals surface area contributed by atoms with Crippen molar-refractivity contribution in [2.45, 2.75) is 19.8 Å². The largest absolute Gasteiger partial charge is 0.368 e. The number of pyridine rings is 1. The minimum absolute atomic E-state index is 0.0736. The van der Waals surface area contributed by atoms with Crippen LogP contribution >= 0.6 is 0 Å². The van der Waals surface area contributed by atoms with Crippen molar-refractivity contribution in [2.24, 2.45) is 0 Å². The van der Waals surface area contributed by atoms with Gasteiger partial charge in [0.25, 0.3) is 0 Å². The molecule has 0 bridgehead atoms. The Morgan fingerprint density at radius 1 is 1.00 bits per heavy atom. The number of hydrogen-bond donors (Lipinski definition) is 2. The average Bonchev–Trinajstić information content (AvgIpc) is 2.49. The molecule has 0 aliphatic rings. The fraction of sp³-hybridized carbons (Fsp3) is 0.312. The summed E-state index contributed by atoms with van der Waals surface area (Å²) >= 11 is 0. The summed E-state index contributed by atoms with van der Waals surface area (Å²) in [6, 6.07) is 10.9. The molecule has 0 radical (unpaired) electrons. The molecule has 0 aliphatic carbocycles. The van der Waals surface area contributed by atoms with Gasteiger partial charge >= 0.3 is 0 Å². The van der Waals surface area contributed by atoms with Crippen LogP contribution in [0.5, 0.6) is 0 Å². The highest BCUT2D eigenvalue weighted by molar-refractivity contribution is 5.47. The van der Waals surface area contributed by atoms with E-state index in [0.717, 1.165) is 18.9 Å². The molecule has 0 aliphatic heterocycles. The Kier molecular flexibility index (Phi) is 5.49. The SMILES string of the molecule is CCNc1nc(NCCCc2ccccc2)c(F)cc1F. The van der Waals surface area contributed by atoms with Crippen molar-refractivity contribution in [3.8, 4) is 0 Å². The number of aryl methyl sites for hydroxylation is 1. The van der Waals surface area contributed by atoms with E-state index in [1.165, 1.54) is 5.56 Å². The Balaban J connectivity index is 1.89. The number of aromatic nitrogens is 1. The Morgan fingerprint density at radius 2 is 1.67 bits per heavy atom. The quantitative estimate of drug-likeness (QED) is 0.761. The van der Waals surface area contributed by atoms with E-state index in [4.69, 9.17) is 0 Å². The van der Waals surface area contributed by atoms with Crippen LogP contribution < -0.4 is 10.6 Å². The van der Waals surface area contributed by atoms with E-state index in [-0.39, 0.29) is 11.6 Å². The van der Waals surface area contributed by atoms with Crippen molar-refractivity contribution in [1.29, 1.82) is 0 Å². The van der Waals surface area contributed by atoms with Crippen molar-refractivity contribution < 1.29 is 8.78 Å². The second-order valence-corrected chi connectivity index (χ2v) is 4.70. The molecule has 0 atom stereocenters. The second kappa shape index (κ2) is 7.57. The molecule has 2 N–H and O–H groups in total. The Labute approximate surface area is 123 Å². The van der Waals surface area contributed by atoms with Gasteiger partial charge in [0.1, 0.15) is 0 Å². The van der Waals surface area contributed by atoms with E-state index >= 15 is 0 Å². The molecule has 2 aromatic rings. The summed E-state index contributed by atoms with van der Waals surface area (Å²) in [6.45, 7) is 2.94. The molecule has 0 saturated heterocycles. The molecule has 0 unspecified atom stereocenters. The zero-order valence-electron chi connectivity index (χ0n) is 12.0. The molecule has 0 spiro atoms. The fourth-order valence-corrected chi connectivity index (χ4v) is 2.03. The molecule has 1 heterocycles. The topological polar surface area (TPSA) is 37.0 Å². The minimum atomic E-state index is -0.677. The Hall–Kier alpha value is -2.17. The maximum Gasteiger partial charge on any atom is 0.168 e. The first-order valence-electron chi connectivity index (χ1n) is 7.08. The lowest BCUT2D eigenvalue weighted by molar-refractivity contribution is 0.578. The third kappa shape index (κ3) is 4.41. The van der Waals surface area contributed by atoms with Crippen LogP contribution in [0.1, 0.15) is 18.9 Å². The minimum Gasteiger partial charge on any atom is -0.368 e. The van der Waals surface area contributed by atoms with Gasteiger partial charge in [0.05, 0.1) is 0 Å². The first kappa shape index (κ1) is 15.2. The number of benzene rings is 1. The van der Waals surface area contributed by atoms with Crippen LogP contribution in [0.2, 0.25) is 0 Å². The van der Waals surface area contributed by atoms with E-state index in [9.17, 15) is 8.78 Å². The monoisotopic (exact) mass is 291 g/mol. The van der Waals surface area contributed by atoms with E-state index in [0.29, 0.717) is 13.1 Å². The zero-order chi connectivity index (χ0) is 15.1. The summed E-state index contributed by atoms with van der Waals surface area (Å²) in [4.78, 5) is 3.93. The van der Waals surface area contributed by atoms with Gasteiger partial charge in [-0.05, 0) is 25.3 Å². The van der Waals surface area contributed by atoms with Gasteiger partial charge in [-0.1, -0.05) is 30.3 Å². The van der Waals surface area contributed by atoms with E-state index in [1.54, 1.807) is 0 Å². The van der Waals surface area contributed by atoms with Crippen LogP contribution in [0, 0.1) is 11.6 Å². The molecule has 2 rings (SSSR count). The molecule has 112 valence electrons. The highest BCUT2D eigenvalue weighted by Crippen LogP contribution is 2.18. The second-order valence-electron chi connectivity index (χ2n) is 4.70. The first-order valence-corrected chi connectivity index (χ1v) is 7.08. The number of hydrogen-bond acceptors (Lipinski definition) is 3. The number of anilines is 2. The predicted molar refractivity (Wildman–Crippen MR) is 81.6 cm³/mol. The van der Waals surface area contributed by atoms with Crippen molar-refractivity contribution in [3.63, 3.8) is 0 Å². The third-order valence-electron chi connectivity index (χ3n) is 3.05. The molecular formula is C16H19F2N3. The van der Waals surface area contributed by atoms with Crippen LogP contribution in [-0.4, -0.2) is 18.1 Å². The number of rotatable bonds is 7. The lowest BCUT2D eigenvalue weighted by Gasteiger charge is -2.10. The van der Waals surface area contributed by atoms with Crippen molar-refractivity contribution in [3.05, 3.63) is 53.6 Å². The summed E-state index contributed by atoms with van der Waals surface area (Å²) in [7, 11) is 0. The summed E-state index contributed by atoms with van der Waals surface area (Å²) < 4.78 is 27.1. The first-order chi connectivity index (χ1) is 10.2. The summed E-state index contributed by atoms with van der Waals surface area (Å²) in [5.74, 6) is -1.19. The fourth-order valence-electron chi connectivity index (χ4n) is 2.03. The predicted octanol–water partition coefficient (Wildman–Crippen LogP) is 3.84. The van der Waals surface area contributed by atoms with E-state index in [1.807, 2.05) is 25.1 Å². The maximum atomic E-state index is 13.6. The summed E-state index contributed by atoms with van der Waals surface area (Å²) in [5.41, 5.74) is 1.24. The van der Waals surface area contributed by atoms with Gasteiger partial charge in [-0.25, -0.2) is 13.8 Å². The van der Waals surface area contributed by atoms with Gasteiger partial charge in [0.2, 0.25) is 0 Å². The van der Waals surface area contributed by atoms with Gasteiger partial charge in [-0.2, -0.15) is 0 Å². The van der Waals surface area contributed by atoms with E-state index in [2.05, 4.69) is 27.8 Å². The van der Waals surface area contributed by atoms with Gasteiger partial charge < -0.3 is 10.6 Å². The molecule has 0 saturated carbocycles. The molecule has 21 heavy (non-hydrogen) atoms. The van der Waals surface area contributed by atoms with Crippen molar-refractivity contribution in [1.82, 2.24) is 4.98 Å². The smallest absolute Gasteiger partial charge is 0.168 e. The third-order valence-corrected chi connectivity index (χ3v) is 3.05. The number of nitrogens with zero attached hydrogens (tertiary/aromatic N) is 1. The van der Waals surface area contributed by atoms with Crippen LogP contribution in [-0.2, 0) is 6.42 Å². The van der Waals surface area contributed by atoms with Gasteiger partial charge in [-0.3, -0.25) is 0 Å². The summed E-state index contributed by atoms with van der Waals surface area (Å²) in [5, 5.41) is 5.68. The maximum absolute atomic E-state index is 13.6. The van der Waals surface area contributed by atoms with Crippen LogP contribution in [0.25, 0.3) is 0 Å². The Bertz CT molecular complexity index is 573. The average molecular weight is 291 g/mol. The zero-order valence-corrected chi connectivity index (χ0v) is 12.0. The molecule has 3 nitrogen and oxygen atoms in total. The molecule has 1 aromatic carbocycles. The number of halogens is 2. The Morgan fingerprint density at radius 3 is 2.33 bits per heavy atom.